The Labute approximate surface area is 323 Å². The third-order valence-corrected chi connectivity index (χ3v) is 10.6. The fraction of sp³-hybridized carbons (Fsp3) is 0.520. The Morgan fingerprint density at radius 2 is 0.906 bits per heavy atom. The molecule has 3 heteroatoms. The van der Waals surface area contributed by atoms with Gasteiger partial charge in [0.05, 0.1) is 0 Å². The number of hydrogen-bond donors (Lipinski definition) is 3. The van der Waals surface area contributed by atoms with Gasteiger partial charge < -0.3 is 15.5 Å². The van der Waals surface area contributed by atoms with Gasteiger partial charge in [0.25, 0.3) is 0 Å². The Bertz CT molecular complexity index is 1800. The molecule has 53 heavy (non-hydrogen) atoms. The highest BCUT2D eigenvalue weighted by Gasteiger charge is 2.32. The lowest BCUT2D eigenvalue weighted by molar-refractivity contribution is 0.306. The van der Waals surface area contributed by atoms with E-state index in [2.05, 4.69) is 182 Å². The van der Waals surface area contributed by atoms with Gasteiger partial charge in [0, 0.05) is 17.8 Å². The van der Waals surface area contributed by atoms with Crippen LogP contribution in [0.1, 0.15) is 160 Å². The van der Waals surface area contributed by atoms with Crippen molar-refractivity contribution in [3.05, 3.63) is 123 Å². The van der Waals surface area contributed by atoms with E-state index in [4.69, 9.17) is 0 Å². The summed E-state index contributed by atoms with van der Waals surface area (Å²) in [6.07, 6.45) is 4.01. The minimum atomic E-state index is -0.369. The van der Waals surface area contributed by atoms with Gasteiger partial charge in [0.15, 0.2) is 0 Å². The molecule has 1 unspecified atom stereocenters. The molecular formula is C50H71NO2. The first kappa shape index (κ1) is 42.0. The van der Waals surface area contributed by atoms with Crippen LogP contribution in [0, 0.1) is 11.3 Å². The highest BCUT2D eigenvalue weighted by molar-refractivity contribution is 5.54. The van der Waals surface area contributed by atoms with Crippen LogP contribution in [0.2, 0.25) is 0 Å². The predicted molar refractivity (Wildman–Crippen MR) is 229 cm³/mol. The molecular weight excluding hydrogens is 647 g/mol. The molecule has 0 saturated heterocycles. The van der Waals surface area contributed by atoms with E-state index in [1.54, 1.807) is 0 Å². The average Bonchev–Trinajstić information content (AvgIpc) is 3.00. The molecule has 0 aliphatic rings. The standard InChI is InChI=1S/C50H71NO2/c1-33(30-46(2,3)4)24-34-16-18-35(19-17-34)25-36-20-22-39(23-21-36)51-32-38-28-42(49(11,12)13)45(53)43(29-38)50(14,15)31-37-26-40(47(5,6)7)44(52)41(27-37)48(8,9)10/h16-23,26-29,33,51-53H,24-25,30-32H2,1-15H3. The Hall–Kier alpha value is -3.72. The van der Waals surface area contributed by atoms with Crippen LogP contribution in [0.4, 0.5) is 5.69 Å². The minimum Gasteiger partial charge on any atom is -0.507 e. The monoisotopic (exact) mass is 718 g/mol. The molecule has 1 atom stereocenters. The quantitative estimate of drug-likeness (QED) is 0.145. The van der Waals surface area contributed by atoms with Crippen molar-refractivity contribution in [3.63, 3.8) is 0 Å². The topological polar surface area (TPSA) is 52.5 Å². The van der Waals surface area contributed by atoms with Crippen LogP contribution in [0.3, 0.4) is 0 Å². The van der Waals surface area contributed by atoms with E-state index in [1.807, 2.05) is 0 Å². The molecule has 4 aromatic rings. The molecule has 0 fully saturated rings. The lowest BCUT2D eigenvalue weighted by atomic mass is 9.72. The number of aromatic hydroxyl groups is 2. The predicted octanol–water partition coefficient (Wildman–Crippen LogP) is 13.3. The maximum atomic E-state index is 11.8. The molecule has 0 radical (unpaired) electrons. The normalized spacial score (nSPS) is 13.6. The molecule has 4 rings (SSSR count). The summed E-state index contributed by atoms with van der Waals surface area (Å²) in [6.45, 7) is 33.9. The highest BCUT2D eigenvalue weighted by Crippen LogP contribution is 2.44. The highest BCUT2D eigenvalue weighted by atomic mass is 16.3. The summed E-state index contributed by atoms with van der Waals surface area (Å²) in [6, 6.07) is 26.7. The van der Waals surface area contributed by atoms with E-state index < -0.39 is 0 Å². The molecule has 0 spiro atoms. The zero-order valence-corrected chi connectivity index (χ0v) is 35.9. The first-order valence-corrected chi connectivity index (χ1v) is 19.9. The van der Waals surface area contributed by atoms with Gasteiger partial charge in [0.1, 0.15) is 11.5 Å². The van der Waals surface area contributed by atoms with Crippen molar-refractivity contribution in [2.45, 2.75) is 158 Å². The van der Waals surface area contributed by atoms with Gasteiger partial charge in [-0.1, -0.05) is 152 Å². The number of benzene rings is 4. The molecule has 288 valence electrons. The number of phenolic OH excluding ortho intramolecular Hbond substituents is 2. The third-order valence-electron chi connectivity index (χ3n) is 10.6. The molecule has 3 nitrogen and oxygen atoms in total. The van der Waals surface area contributed by atoms with Crippen molar-refractivity contribution in [2.24, 2.45) is 11.3 Å². The van der Waals surface area contributed by atoms with Crippen molar-refractivity contribution in [1.82, 2.24) is 0 Å². The zero-order valence-electron chi connectivity index (χ0n) is 35.9. The number of nitrogens with one attached hydrogen (secondary N) is 1. The SMILES string of the molecule is CC(Cc1ccc(Cc2ccc(NCc3cc(C(C)(C)C)c(O)c(C(C)(C)Cc4cc(C(C)(C)C)c(O)c(C(C)(C)C)c4)c3)cc2)cc1)CC(C)(C)C. The van der Waals surface area contributed by atoms with Gasteiger partial charge in [-0.25, -0.2) is 0 Å². The molecule has 0 saturated carbocycles. The van der Waals surface area contributed by atoms with Gasteiger partial charge >= 0.3 is 0 Å². The van der Waals surface area contributed by atoms with Crippen LogP contribution in [-0.4, -0.2) is 10.2 Å². The van der Waals surface area contributed by atoms with Crippen LogP contribution in [0.5, 0.6) is 11.5 Å². The Balaban J connectivity index is 1.53. The molecule has 3 N–H and O–H groups in total. The van der Waals surface area contributed by atoms with E-state index in [9.17, 15) is 10.2 Å². The lowest BCUT2D eigenvalue weighted by Crippen LogP contribution is -2.25. The van der Waals surface area contributed by atoms with Crippen LogP contribution >= 0.6 is 0 Å². The Morgan fingerprint density at radius 1 is 0.509 bits per heavy atom. The first-order valence-electron chi connectivity index (χ1n) is 19.9. The Kier molecular flexibility index (Phi) is 12.3. The number of hydrogen-bond acceptors (Lipinski definition) is 3. The molecule has 0 aliphatic carbocycles. The summed E-state index contributed by atoms with van der Waals surface area (Å²) in [7, 11) is 0. The molecule has 0 aliphatic heterocycles. The number of phenols is 2. The van der Waals surface area contributed by atoms with Crippen LogP contribution in [0.15, 0.2) is 72.8 Å². The second-order valence-electron chi connectivity index (χ2n) is 21.0. The third kappa shape index (κ3) is 11.4. The summed E-state index contributed by atoms with van der Waals surface area (Å²) >= 11 is 0. The maximum absolute atomic E-state index is 11.8. The van der Waals surface area contributed by atoms with Crippen LogP contribution in [-0.2, 0) is 47.5 Å². The summed E-state index contributed by atoms with van der Waals surface area (Å²) in [5.74, 6) is 1.46. The van der Waals surface area contributed by atoms with E-state index in [0.717, 1.165) is 52.8 Å². The first-order chi connectivity index (χ1) is 24.2. The second-order valence-corrected chi connectivity index (χ2v) is 21.0. The summed E-state index contributed by atoms with van der Waals surface area (Å²) in [5, 5.41) is 26.9. The summed E-state index contributed by atoms with van der Waals surface area (Å²) in [5.41, 5.74) is 10.7. The zero-order chi connectivity index (χ0) is 39.7. The maximum Gasteiger partial charge on any atom is 0.123 e. The van der Waals surface area contributed by atoms with E-state index in [0.29, 0.717) is 29.4 Å². The van der Waals surface area contributed by atoms with E-state index >= 15 is 0 Å². The van der Waals surface area contributed by atoms with Crippen molar-refractivity contribution in [3.8, 4) is 11.5 Å². The smallest absolute Gasteiger partial charge is 0.123 e. The average molecular weight is 718 g/mol. The Morgan fingerprint density at radius 3 is 1.36 bits per heavy atom. The molecule has 0 aromatic heterocycles. The number of anilines is 1. The fourth-order valence-corrected chi connectivity index (χ4v) is 7.92. The van der Waals surface area contributed by atoms with Crippen molar-refractivity contribution in [2.75, 3.05) is 5.32 Å². The van der Waals surface area contributed by atoms with Gasteiger partial charge in [0.2, 0.25) is 0 Å². The molecule has 0 amide bonds. The largest absolute Gasteiger partial charge is 0.507 e. The summed E-state index contributed by atoms with van der Waals surface area (Å²) in [4.78, 5) is 0. The van der Waals surface area contributed by atoms with Crippen molar-refractivity contribution < 1.29 is 10.2 Å². The van der Waals surface area contributed by atoms with Gasteiger partial charge in [-0.05, 0) is 127 Å². The van der Waals surface area contributed by atoms with Crippen molar-refractivity contribution >= 4 is 5.69 Å². The summed E-state index contributed by atoms with van der Waals surface area (Å²) < 4.78 is 0. The number of rotatable bonds is 11. The second kappa shape index (κ2) is 15.6. The van der Waals surface area contributed by atoms with Crippen molar-refractivity contribution in [1.29, 1.82) is 0 Å². The minimum absolute atomic E-state index is 0.203. The van der Waals surface area contributed by atoms with E-state index in [-0.39, 0.29) is 21.7 Å². The van der Waals surface area contributed by atoms with Crippen LogP contribution < -0.4 is 5.32 Å². The van der Waals surface area contributed by atoms with Crippen LogP contribution in [0.25, 0.3) is 0 Å². The van der Waals surface area contributed by atoms with Gasteiger partial charge in [-0.15, -0.1) is 0 Å². The fourth-order valence-electron chi connectivity index (χ4n) is 7.92. The van der Waals surface area contributed by atoms with E-state index in [1.165, 1.54) is 28.7 Å². The van der Waals surface area contributed by atoms with Gasteiger partial charge in [-0.2, -0.15) is 0 Å². The lowest BCUT2D eigenvalue weighted by Gasteiger charge is -2.33. The molecule has 0 bridgehead atoms. The molecule has 0 heterocycles. The molecule has 4 aromatic carbocycles. The van der Waals surface area contributed by atoms with Gasteiger partial charge in [-0.3, -0.25) is 0 Å².